The maximum absolute atomic E-state index is 12.3. The number of rotatable bonds is 2. The van der Waals surface area contributed by atoms with Gasteiger partial charge in [-0.1, -0.05) is 19.1 Å². The van der Waals surface area contributed by atoms with Crippen molar-refractivity contribution in [1.82, 2.24) is 4.31 Å². The lowest BCUT2D eigenvalue weighted by Crippen LogP contribution is -2.40. The SMILES string of the molecule is CC1CN(S(=O)(=O)c2ccccc2O)CCS1. The number of nitrogens with zero attached hydrogens (tertiary/aromatic N) is 1. The molecule has 1 saturated heterocycles. The molecule has 1 aliphatic heterocycles. The molecule has 1 unspecified atom stereocenters. The van der Waals surface area contributed by atoms with Gasteiger partial charge in [-0.15, -0.1) is 0 Å². The summed E-state index contributed by atoms with van der Waals surface area (Å²) in [7, 11) is -3.56. The van der Waals surface area contributed by atoms with E-state index < -0.39 is 10.0 Å². The smallest absolute Gasteiger partial charge is 0.246 e. The molecule has 1 aliphatic rings. The van der Waals surface area contributed by atoms with Gasteiger partial charge in [0.05, 0.1) is 0 Å². The van der Waals surface area contributed by atoms with Gasteiger partial charge in [0.25, 0.3) is 0 Å². The van der Waals surface area contributed by atoms with Crippen molar-refractivity contribution in [3.63, 3.8) is 0 Å². The zero-order valence-corrected chi connectivity index (χ0v) is 11.2. The summed E-state index contributed by atoms with van der Waals surface area (Å²) in [6.07, 6.45) is 0. The van der Waals surface area contributed by atoms with Crippen LogP contribution in [0.25, 0.3) is 0 Å². The molecule has 0 aromatic heterocycles. The van der Waals surface area contributed by atoms with Crippen molar-refractivity contribution < 1.29 is 13.5 Å². The van der Waals surface area contributed by atoms with Crippen molar-refractivity contribution >= 4 is 21.8 Å². The number of hydrogen-bond acceptors (Lipinski definition) is 4. The van der Waals surface area contributed by atoms with E-state index in [1.54, 1.807) is 23.9 Å². The second kappa shape index (κ2) is 4.88. The summed E-state index contributed by atoms with van der Waals surface area (Å²) in [6.45, 7) is 3.02. The van der Waals surface area contributed by atoms with Crippen LogP contribution in [-0.2, 0) is 10.0 Å². The topological polar surface area (TPSA) is 57.6 Å². The quantitative estimate of drug-likeness (QED) is 0.887. The zero-order chi connectivity index (χ0) is 12.5. The molecule has 1 fully saturated rings. The van der Waals surface area contributed by atoms with E-state index in [0.29, 0.717) is 18.3 Å². The van der Waals surface area contributed by atoms with Gasteiger partial charge in [0.2, 0.25) is 10.0 Å². The summed E-state index contributed by atoms with van der Waals surface area (Å²) in [5.41, 5.74) is 0. The molecule has 1 atom stereocenters. The highest BCUT2D eigenvalue weighted by molar-refractivity contribution is 8.00. The van der Waals surface area contributed by atoms with Crippen LogP contribution in [0.15, 0.2) is 29.2 Å². The molecule has 1 aromatic carbocycles. The molecule has 0 bridgehead atoms. The van der Waals surface area contributed by atoms with Gasteiger partial charge in [-0.25, -0.2) is 8.42 Å². The van der Waals surface area contributed by atoms with Crippen molar-refractivity contribution in [1.29, 1.82) is 0 Å². The van der Waals surface area contributed by atoms with Crippen LogP contribution in [0, 0.1) is 0 Å². The molecule has 94 valence electrons. The van der Waals surface area contributed by atoms with Crippen LogP contribution in [0.4, 0.5) is 0 Å². The Morgan fingerprint density at radius 2 is 2.12 bits per heavy atom. The van der Waals surface area contributed by atoms with Crippen LogP contribution in [0.2, 0.25) is 0 Å². The van der Waals surface area contributed by atoms with Gasteiger partial charge in [-0.05, 0) is 12.1 Å². The van der Waals surface area contributed by atoms with E-state index in [1.165, 1.54) is 16.4 Å². The Morgan fingerprint density at radius 1 is 1.41 bits per heavy atom. The third-order valence-electron chi connectivity index (χ3n) is 2.69. The molecule has 4 nitrogen and oxygen atoms in total. The van der Waals surface area contributed by atoms with Crippen LogP contribution in [0.5, 0.6) is 5.75 Å². The Morgan fingerprint density at radius 3 is 2.76 bits per heavy atom. The number of sulfonamides is 1. The maximum Gasteiger partial charge on any atom is 0.246 e. The standard InChI is InChI=1S/C11H15NO3S2/c1-9-8-12(6-7-16-9)17(14,15)11-5-3-2-4-10(11)13/h2-5,9,13H,6-8H2,1H3. The summed E-state index contributed by atoms with van der Waals surface area (Å²) in [6, 6.07) is 6.07. The van der Waals surface area contributed by atoms with Gasteiger partial charge in [0.1, 0.15) is 10.6 Å². The van der Waals surface area contributed by atoms with Crippen LogP contribution in [-0.4, -0.2) is 41.9 Å². The second-order valence-electron chi connectivity index (χ2n) is 4.01. The van der Waals surface area contributed by atoms with Gasteiger partial charge in [0.15, 0.2) is 0 Å². The molecule has 2 rings (SSSR count). The summed E-state index contributed by atoms with van der Waals surface area (Å²) in [4.78, 5) is -0.000833. The number of benzene rings is 1. The molecule has 0 amide bonds. The lowest BCUT2D eigenvalue weighted by molar-refractivity contribution is 0.414. The van der Waals surface area contributed by atoms with Gasteiger partial charge in [-0.3, -0.25) is 0 Å². The van der Waals surface area contributed by atoms with E-state index in [9.17, 15) is 13.5 Å². The first-order chi connectivity index (χ1) is 8.01. The molecular formula is C11H15NO3S2. The Bertz CT molecular complexity index is 501. The lowest BCUT2D eigenvalue weighted by Gasteiger charge is -2.29. The number of hydrogen-bond donors (Lipinski definition) is 1. The first-order valence-electron chi connectivity index (χ1n) is 5.41. The highest BCUT2D eigenvalue weighted by Gasteiger charge is 2.30. The van der Waals surface area contributed by atoms with E-state index >= 15 is 0 Å². The lowest BCUT2D eigenvalue weighted by atomic mass is 10.3. The van der Waals surface area contributed by atoms with Gasteiger partial charge in [-0.2, -0.15) is 16.1 Å². The van der Waals surface area contributed by atoms with E-state index in [-0.39, 0.29) is 10.6 Å². The summed E-state index contributed by atoms with van der Waals surface area (Å²) in [5.74, 6) is 0.618. The normalized spacial score (nSPS) is 22.5. The third-order valence-corrected chi connectivity index (χ3v) is 5.74. The van der Waals surface area contributed by atoms with Gasteiger partial charge >= 0.3 is 0 Å². The molecule has 6 heteroatoms. The highest BCUT2D eigenvalue weighted by Crippen LogP contribution is 2.28. The molecule has 1 heterocycles. The number of phenolic OH excluding ortho intramolecular Hbond substituents is 1. The van der Waals surface area contributed by atoms with Gasteiger partial charge < -0.3 is 5.11 Å². The second-order valence-corrected chi connectivity index (χ2v) is 7.46. The van der Waals surface area contributed by atoms with Crippen molar-refractivity contribution in [2.75, 3.05) is 18.8 Å². The third kappa shape index (κ3) is 2.59. The monoisotopic (exact) mass is 273 g/mol. The van der Waals surface area contributed by atoms with Crippen molar-refractivity contribution in [2.45, 2.75) is 17.1 Å². The number of phenols is 1. The first-order valence-corrected chi connectivity index (χ1v) is 7.90. The fraction of sp³-hybridized carbons (Fsp3) is 0.455. The fourth-order valence-electron chi connectivity index (χ4n) is 1.82. The first kappa shape index (κ1) is 12.7. The molecule has 0 saturated carbocycles. The maximum atomic E-state index is 12.3. The fourth-order valence-corrected chi connectivity index (χ4v) is 4.66. The van der Waals surface area contributed by atoms with Gasteiger partial charge in [0, 0.05) is 24.1 Å². The van der Waals surface area contributed by atoms with Crippen LogP contribution in [0.1, 0.15) is 6.92 Å². The molecular weight excluding hydrogens is 258 g/mol. The van der Waals surface area contributed by atoms with E-state index in [1.807, 2.05) is 6.92 Å². The Hall–Kier alpha value is -0.720. The average Bonchev–Trinajstić information content (AvgIpc) is 2.29. The Labute approximate surface area is 106 Å². The zero-order valence-electron chi connectivity index (χ0n) is 9.54. The summed E-state index contributed by atoms with van der Waals surface area (Å²) in [5, 5.41) is 9.93. The summed E-state index contributed by atoms with van der Waals surface area (Å²) >= 11 is 1.77. The molecule has 0 aliphatic carbocycles. The van der Waals surface area contributed by atoms with E-state index in [4.69, 9.17) is 0 Å². The molecule has 0 radical (unpaired) electrons. The average molecular weight is 273 g/mol. The van der Waals surface area contributed by atoms with Crippen LogP contribution >= 0.6 is 11.8 Å². The molecule has 1 N–H and O–H groups in total. The number of aromatic hydroxyl groups is 1. The van der Waals surface area contributed by atoms with E-state index in [2.05, 4.69) is 0 Å². The Kier molecular flexibility index (Phi) is 3.65. The van der Waals surface area contributed by atoms with Crippen LogP contribution < -0.4 is 0 Å². The van der Waals surface area contributed by atoms with Crippen LogP contribution in [0.3, 0.4) is 0 Å². The van der Waals surface area contributed by atoms with Crippen molar-refractivity contribution in [2.24, 2.45) is 0 Å². The van der Waals surface area contributed by atoms with Crippen molar-refractivity contribution in [3.8, 4) is 5.75 Å². The Balaban J connectivity index is 2.33. The minimum Gasteiger partial charge on any atom is -0.507 e. The number of para-hydroxylation sites is 1. The summed E-state index contributed by atoms with van der Waals surface area (Å²) < 4.78 is 26.1. The predicted octanol–water partition coefficient (Wildman–Crippen LogP) is 1.52. The molecule has 1 aromatic rings. The largest absolute Gasteiger partial charge is 0.507 e. The minimum atomic E-state index is -3.56. The van der Waals surface area contributed by atoms with Crippen molar-refractivity contribution in [3.05, 3.63) is 24.3 Å². The minimum absolute atomic E-state index is 0.000833. The number of thioether (sulfide) groups is 1. The predicted molar refractivity (Wildman–Crippen MR) is 68.8 cm³/mol. The molecule has 0 spiro atoms. The highest BCUT2D eigenvalue weighted by atomic mass is 32.2. The molecule has 17 heavy (non-hydrogen) atoms. The van der Waals surface area contributed by atoms with E-state index in [0.717, 1.165) is 5.75 Å².